The van der Waals surface area contributed by atoms with Crippen LogP contribution in [0.2, 0.25) is 5.15 Å². The van der Waals surface area contributed by atoms with E-state index >= 15 is 0 Å². The molecule has 2 aromatic heterocycles. The Balaban J connectivity index is 1.29. The summed E-state index contributed by atoms with van der Waals surface area (Å²) in [6.07, 6.45) is 8.19. The van der Waals surface area contributed by atoms with Gasteiger partial charge in [0.05, 0.1) is 25.0 Å². The minimum Gasteiger partial charge on any atom is -0.494 e. The van der Waals surface area contributed by atoms with Gasteiger partial charge in [0.15, 0.2) is 0 Å². The number of aryl methyl sites for hydroxylation is 1. The van der Waals surface area contributed by atoms with Crippen LogP contribution < -0.4 is 9.04 Å². The van der Waals surface area contributed by atoms with E-state index in [1.807, 2.05) is 31.2 Å². The van der Waals surface area contributed by atoms with Gasteiger partial charge in [0.1, 0.15) is 27.0 Å². The molecule has 0 amide bonds. The van der Waals surface area contributed by atoms with Gasteiger partial charge in [-0.3, -0.25) is 4.31 Å². The fourth-order valence-electron chi connectivity index (χ4n) is 3.88. The van der Waals surface area contributed by atoms with Gasteiger partial charge < -0.3 is 19.3 Å². The molecule has 1 aliphatic rings. The van der Waals surface area contributed by atoms with Crippen molar-refractivity contribution in [3.8, 4) is 17.0 Å². The van der Waals surface area contributed by atoms with Gasteiger partial charge in [0, 0.05) is 36.8 Å². The summed E-state index contributed by atoms with van der Waals surface area (Å²) in [6, 6.07) is 10.6. The molecule has 0 spiro atoms. The fraction of sp³-hybridized carbons (Fsp3) is 0.292. The van der Waals surface area contributed by atoms with Gasteiger partial charge >= 0.3 is 10.6 Å². The summed E-state index contributed by atoms with van der Waals surface area (Å²) in [5, 5.41) is 26.0. The Morgan fingerprint density at radius 3 is 2.46 bits per heavy atom. The van der Waals surface area contributed by atoms with Crippen LogP contribution >= 0.6 is 22.0 Å². The molecule has 0 atom stereocenters. The lowest BCUT2D eigenvalue weighted by molar-refractivity contribution is 0.213. The van der Waals surface area contributed by atoms with E-state index in [0.29, 0.717) is 25.3 Å². The molecule has 0 saturated heterocycles. The summed E-state index contributed by atoms with van der Waals surface area (Å²) in [7, 11) is -3.45. The number of benzene rings is 1. The number of ether oxygens (including phenoxy) is 1. The number of anilines is 1. The molecule has 4 rings (SSSR count). The lowest BCUT2D eigenvalue weighted by Crippen LogP contribution is -2.39. The average Bonchev–Trinajstić information content (AvgIpc) is 3.52. The quantitative estimate of drug-likeness (QED) is 0.235. The second-order valence-corrected chi connectivity index (χ2v) is 11.1. The SMILES string of the molecule is CCn1ncc(-c2ccc(OCCCCCN3C=CN(c4ccnc(Cl)c4)S3(C(=O)O)C(=O)O)cc2)n1. The van der Waals surface area contributed by atoms with Crippen molar-refractivity contribution in [2.45, 2.75) is 32.7 Å². The summed E-state index contributed by atoms with van der Waals surface area (Å²) in [5.74, 6) is 0.737. The molecular weight excluding hydrogens is 520 g/mol. The Labute approximate surface area is 220 Å². The number of pyridine rings is 1. The maximum Gasteiger partial charge on any atom is 0.393 e. The van der Waals surface area contributed by atoms with Crippen LogP contribution in [0.4, 0.5) is 15.3 Å². The Morgan fingerprint density at radius 1 is 1.05 bits per heavy atom. The van der Waals surface area contributed by atoms with E-state index in [0.717, 1.165) is 29.8 Å². The average molecular weight is 547 g/mol. The number of unbranched alkanes of at least 4 members (excludes halogenated alkanes) is 2. The van der Waals surface area contributed by atoms with Crippen molar-refractivity contribution in [3.63, 3.8) is 0 Å². The summed E-state index contributed by atoms with van der Waals surface area (Å²) < 4.78 is 8.49. The van der Waals surface area contributed by atoms with E-state index in [9.17, 15) is 19.8 Å². The number of halogens is 1. The number of carboxylic acid groups (broad SMARTS) is 2. The molecule has 2 N–H and O–H groups in total. The van der Waals surface area contributed by atoms with Gasteiger partial charge in [-0.25, -0.2) is 14.6 Å². The molecule has 0 bridgehead atoms. The first-order chi connectivity index (χ1) is 17.9. The maximum absolute atomic E-state index is 12.3. The molecule has 3 aromatic rings. The molecule has 37 heavy (non-hydrogen) atoms. The minimum absolute atomic E-state index is 0.146. The van der Waals surface area contributed by atoms with E-state index in [1.54, 1.807) is 11.0 Å². The fourth-order valence-corrected chi connectivity index (χ4v) is 6.44. The minimum atomic E-state index is -3.45. The second-order valence-electron chi connectivity index (χ2n) is 8.03. The molecule has 1 aromatic carbocycles. The summed E-state index contributed by atoms with van der Waals surface area (Å²) in [6.45, 7) is 3.44. The molecule has 11 nitrogen and oxygen atoms in total. The van der Waals surface area contributed by atoms with Crippen molar-refractivity contribution >= 4 is 38.3 Å². The van der Waals surface area contributed by atoms with Crippen LogP contribution in [0.25, 0.3) is 11.3 Å². The van der Waals surface area contributed by atoms with Crippen LogP contribution in [0.5, 0.6) is 5.75 Å². The van der Waals surface area contributed by atoms with Crippen LogP contribution in [0.1, 0.15) is 26.2 Å². The van der Waals surface area contributed by atoms with Crippen molar-refractivity contribution in [2.24, 2.45) is 0 Å². The summed E-state index contributed by atoms with van der Waals surface area (Å²) in [5.41, 5.74) is 2.11. The van der Waals surface area contributed by atoms with Crippen molar-refractivity contribution in [2.75, 3.05) is 17.5 Å². The van der Waals surface area contributed by atoms with Crippen molar-refractivity contribution in [1.82, 2.24) is 24.3 Å². The predicted molar refractivity (Wildman–Crippen MR) is 142 cm³/mol. The highest BCUT2D eigenvalue weighted by Gasteiger charge is 2.53. The van der Waals surface area contributed by atoms with Crippen LogP contribution in [0.15, 0.2) is 61.2 Å². The molecule has 196 valence electrons. The van der Waals surface area contributed by atoms with E-state index < -0.39 is 21.0 Å². The Morgan fingerprint density at radius 2 is 1.81 bits per heavy atom. The molecule has 0 unspecified atom stereocenters. The summed E-state index contributed by atoms with van der Waals surface area (Å²) in [4.78, 5) is 30.2. The third-order valence-corrected chi connectivity index (χ3v) is 8.77. The van der Waals surface area contributed by atoms with Gasteiger partial charge in [-0.2, -0.15) is 15.0 Å². The second kappa shape index (κ2) is 11.5. The number of rotatable bonds is 10. The Bertz CT molecular complexity index is 1270. The van der Waals surface area contributed by atoms with Crippen molar-refractivity contribution < 1.29 is 24.5 Å². The number of carbonyl (C=O) groups is 2. The van der Waals surface area contributed by atoms with Crippen LogP contribution in [-0.2, 0) is 6.54 Å². The van der Waals surface area contributed by atoms with Gasteiger partial charge in [0.25, 0.3) is 0 Å². The zero-order valence-electron chi connectivity index (χ0n) is 20.1. The van der Waals surface area contributed by atoms with Gasteiger partial charge in [0.2, 0.25) is 0 Å². The number of hydrogen-bond donors (Lipinski definition) is 2. The standard InChI is InChI=1S/C24H27ClN6O5S/c1-2-31-27-17-21(28-31)18-6-8-20(9-7-18)36-15-5-3-4-12-29-13-14-30(19-10-11-26-22(25)16-19)37(29,23(32)33)24(34)35/h6-11,13-14,16-17H,2-5,12,15H2,1H3,(H,32,33)(H,34,35). The highest BCUT2D eigenvalue weighted by Crippen LogP contribution is 2.61. The maximum atomic E-state index is 12.3. The third kappa shape index (κ3) is 5.49. The zero-order valence-corrected chi connectivity index (χ0v) is 21.7. The summed E-state index contributed by atoms with van der Waals surface area (Å²) >= 11 is 5.95. The number of nitrogens with zero attached hydrogens (tertiary/aromatic N) is 6. The molecular formula is C24H27ClN6O5S. The van der Waals surface area contributed by atoms with E-state index in [2.05, 4.69) is 15.2 Å². The Kier molecular flexibility index (Phi) is 8.19. The van der Waals surface area contributed by atoms with E-state index in [1.165, 1.54) is 39.3 Å². The first-order valence-electron chi connectivity index (χ1n) is 11.6. The highest BCUT2D eigenvalue weighted by atomic mass is 35.5. The van der Waals surface area contributed by atoms with Gasteiger partial charge in [-0.15, -0.1) is 0 Å². The normalized spacial score (nSPS) is 15.1. The largest absolute Gasteiger partial charge is 0.494 e. The lowest BCUT2D eigenvalue weighted by Gasteiger charge is -2.42. The molecule has 3 heterocycles. The number of hydrogen-bond acceptors (Lipinski definition) is 8. The number of aromatic nitrogens is 4. The predicted octanol–water partition coefficient (Wildman–Crippen LogP) is 5.85. The zero-order chi connectivity index (χ0) is 26.4. The molecule has 1 aliphatic heterocycles. The van der Waals surface area contributed by atoms with Gasteiger partial charge in [-0.05, 0) is 56.5 Å². The Hall–Kier alpha value is -3.77. The lowest BCUT2D eigenvalue weighted by atomic mass is 10.2. The van der Waals surface area contributed by atoms with Crippen molar-refractivity contribution in [1.29, 1.82) is 0 Å². The third-order valence-electron chi connectivity index (χ3n) is 5.70. The molecule has 13 heteroatoms. The first-order valence-corrected chi connectivity index (χ1v) is 13.6. The molecule has 0 saturated carbocycles. The van der Waals surface area contributed by atoms with Gasteiger partial charge in [-0.1, -0.05) is 11.6 Å². The van der Waals surface area contributed by atoms with E-state index in [4.69, 9.17) is 16.3 Å². The van der Waals surface area contributed by atoms with Crippen LogP contribution in [0.3, 0.4) is 0 Å². The monoisotopic (exact) mass is 546 g/mol. The topological polar surface area (TPSA) is 134 Å². The highest BCUT2D eigenvalue weighted by molar-refractivity contribution is 8.54. The van der Waals surface area contributed by atoms with Crippen molar-refractivity contribution in [3.05, 3.63) is 66.3 Å². The molecule has 0 fully saturated rings. The molecule has 0 aliphatic carbocycles. The van der Waals surface area contributed by atoms with Crippen LogP contribution in [0, 0.1) is 0 Å². The molecule has 0 radical (unpaired) electrons. The van der Waals surface area contributed by atoms with Crippen LogP contribution in [-0.4, -0.2) is 58.3 Å². The smallest absolute Gasteiger partial charge is 0.393 e. The first kappa shape index (κ1) is 26.3. The van der Waals surface area contributed by atoms with E-state index in [-0.39, 0.29) is 11.7 Å².